The summed E-state index contributed by atoms with van der Waals surface area (Å²) in [5.74, 6) is 1.10. The number of aromatic nitrogens is 3. The zero-order chi connectivity index (χ0) is 28.7. The summed E-state index contributed by atoms with van der Waals surface area (Å²) in [6, 6.07) is 16.5. The van der Waals surface area contributed by atoms with Gasteiger partial charge in [0.15, 0.2) is 11.0 Å². The van der Waals surface area contributed by atoms with E-state index in [0.717, 1.165) is 81.6 Å². The average molecular weight is 590 g/mol. The summed E-state index contributed by atoms with van der Waals surface area (Å²) in [6.45, 7) is 3.48. The number of fused-ring (bicyclic) bond motifs is 2. The Morgan fingerprint density at radius 2 is 1.76 bits per heavy atom. The van der Waals surface area contributed by atoms with Crippen molar-refractivity contribution in [2.24, 2.45) is 5.41 Å². The molecule has 42 heavy (non-hydrogen) atoms. The Bertz CT molecular complexity index is 1410. The largest absolute Gasteiger partial charge is 0.474 e. The van der Waals surface area contributed by atoms with Crippen molar-refractivity contribution in [3.8, 4) is 5.88 Å². The first-order valence-electron chi connectivity index (χ1n) is 14.9. The van der Waals surface area contributed by atoms with E-state index in [2.05, 4.69) is 37.1 Å². The van der Waals surface area contributed by atoms with Gasteiger partial charge in [0.25, 0.3) is 0 Å². The number of likely N-dealkylation sites (tertiary alicyclic amines) is 1. The number of hydrogen-bond acceptors (Lipinski definition) is 9. The lowest BCUT2D eigenvalue weighted by Gasteiger charge is -2.51. The molecular formula is C31H36ClN7O3. The monoisotopic (exact) mass is 589 g/mol. The molecule has 3 aromatic rings. The highest BCUT2D eigenvalue weighted by atomic mass is 35.5. The molecule has 3 aliphatic heterocycles. The minimum absolute atomic E-state index is 0.157. The van der Waals surface area contributed by atoms with Gasteiger partial charge in [-0.25, -0.2) is 9.78 Å². The maximum absolute atomic E-state index is 12.6. The third-order valence-corrected chi connectivity index (χ3v) is 9.69. The van der Waals surface area contributed by atoms with Crippen molar-refractivity contribution < 1.29 is 14.3 Å². The van der Waals surface area contributed by atoms with Crippen LogP contribution in [0, 0.1) is 5.41 Å². The molecule has 1 spiro atoms. The van der Waals surface area contributed by atoms with E-state index in [0.29, 0.717) is 35.5 Å². The molecule has 1 aliphatic carbocycles. The molecule has 11 heteroatoms. The Hall–Kier alpha value is -3.79. The van der Waals surface area contributed by atoms with Crippen LogP contribution in [0.2, 0.25) is 5.15 Å². The topological polar surface area (TPSA) is 110 Å². The fourth-order valence-corrected chi connectivity index (χ4v) is 7.45. The van der Waals surface area contributed by atoms with Gasteiger partial charge in [0.2, 0.25) is 5.88 Å². The predicted molar refractivity (Wildman–Crippen MR) is 161 cm³/mol. The molecule has 2 aromatic heterocycles. The number of ether oxygens (including phenoxy) is 2. The minimum atomic E-state index is -0.221. The molecule has 4 aliphatic rings. The lowest BCUT2D eigenvalue weighted by molar-refractivity contribution is -0.0551. The molecule has 1 saturated carbocycles. The molecule has 1 amide bonds. The molecule has 2 N–H and O–H groups in total. The minimum Gasteiger partial charge on any atom is -0.474 e. The molecule has 2 atom stereocenters. The number of carbonyl (C=O) groups excluding carboxylic acids is 1. The number of rotatable bonds is 6. The molecule has 10 nitrogen and oxygen atoms in total. The summed E-state index contributed by atoms with van der Waals surface area (Å²) in [5.41, 5.74) is 9.40. The first-order chi connectivity index (χ1) is 20.4. The zero-order valence-electron chi connectivity index (χ0n) is 23.6. The lowest BCUT2D eigenvalue weighted by Crippen LogP contribution is -2.54. The number of halogens is 1. The van der Waals surface area contributed by atoms with Crippen molar-refractivity contribution in [3.05, 3.63) is 65.4 Å². The van der Waals surface area contributed by atoms with Crippen LogP contribution in [0.25, 0.3) is 0 Å². The van der Waals surface area contributed by atoms with Gasteiger partial charge >= 0.3 is 6.09 Å². The van der Waals surface area contributed by atoms with Crippen molar-refractivity contribution in [3.63, 3.8) is 0 Å². The van der Waals surface area contributed by atoms with E-state index in [1.54, 1.807) is 0 Å². The maximum atomic E-state index is 12.6. The molecular weight excluding hydrogens is 554 g/mol. The van der Waals surface area contributed by atoms with E-state index < -0.39 is 0 Å². The molecule has 4 fully saturated rings. The van der Waals surface area contributed by atoms with E-state index in [9.17, 15) is 4.79 Å². The summed E-state index contributed by atoms with van der Waals surface area (Å²) in [6.07, 6.45) is 8.00. The molecule has 0 radical (unpaired) electrons. The van der Waals surface area contributed by atoms with E-state index in [1.807, 2.05) is 47.5 Å². The SMILES string of the molecule is Nc1nnc(Cl)cc1N1CC2CCC(C1)N2c1ccnc(OC2CC3(CCN(C(=O)OCc4ccccc4)CC3)C2)c1. The van der Waals surface area contributed by atoms with Crippen LogP contribution < -0.4 is 20.3 Å². The third-order valence-electron chi connectivity index (χ3n) is 9.51. The molecule has 7 rings (SSSR count). The van der Waals surface area contributed by atoms with Crippen molar-refractivity contribution >= 4 is 34.9 Å². The van der Waals surface area contributed by atoms with E-state index >= 15 is 0 Å². The second-order valence-corrected chi connectivity index (χ2v) is 12.5. The van der Waals surface area contributed by atoms with Crippen LogP contribution in [0.1, 0.15) is 44.1 Å². The highest BCUT2D eigenvalue weighted by Crippen LogP contribution is 2.50. The van der Waals surface area contributed by atoms with Gasteiger partial charge in [-0.2, -0.15) is 0 Å². The summed E-state index contributed by atoms with van der Waals surface area (Å²) in [4.78, 5) is 23.8. The fraction of sp³-hybridized carbons (Fsp3) is 0.484. The quantitative estimate of drug-likeness (QED) is 0.428. The normalized spacial score (nSPS) is 23.1. The standard InChI is InChI=1S/C31H36ClN7O3/c32-27-15-26(29(33)36-35-27)38-18-23-6-7-24(19-38)39(23)22-8-11-34-28(14-22)42-25-16-31(17-25)9-12-37(13-10-31)30(40)41-20-21-4-2-1-3-5-21/h1-5,8,11,14-15,23-25H,6-7,9-10,12-13,16-20H2,(H2,33,36). The van der Waals surface area contributed by atoms with Crippen molar-refractivity contribution in [1.29, 1.82) is 0 Å². The first kappa shape index (κ1) is 27.1. The third kappa shape index (κ3) is 5.40. The number of hydrogen-bond donors (Lipinski definition) is 1. The van der Waals surface area contributed by atoms with Gasteiger partial charge in [-0.1, -0.05) is 41.9 Å². The molecule has 220 valence electrons. The van der Waals surface area contributed by atoms with Gasteiger partial charge < -0.3 is 29.9 Å². The van der Waals surface area contributed by atoms with Crippen LogP contribution in [0.15, 0.2) is 54.7 Å². The second-order valence-electron chi connectivity index (χ2n) is 12.2. The van der Waals surface area contributed by atoms with Crippen molar-refractivity contribution in [2.75, 3.05) is 41.7 Å². The van der Waals surface area contributed by atoms with Crippen LogP contribution >= 0.6 is 11.6 Å². The van der Waals surface area contributed by atoms with E-state index in [1.165, 1.54) is 0 Å². The Morgan fingerprint density at radius 3 is 2.50 bits per heavy atom. The Morgan fingerprint density at radius 1 is 1.02 bits per heavy atom. The van der Waals surface area contributed by atoms with Crippen LogP contribution in [0.3, 0.4) is 0 Å². The van der Waals surface area contributed by atoms with Crippen LogP contribution in [0.4, 0.5) is 22.0 Å². The van der Waals surface area contributed by atoms with Gasteiger partial charge in [-0.05, 0) is 55.6 Å². The summed E-state index contributed by atoms with van der Waals surface area (Å²) in [5, 5.41) is 8.23. The van der Waals surface area contributed by atoms with Crippen LogP contribution in [-0.4, -0.2) is 70.5 Å². The Labute approximate surface area is 250 Å². The van der Waals surface area contributed by atoms with Crippen LogP contribution in [-0.2, 0) is 11.3 Å². The number of pyridine rings is 1. The summed E-state index contributed by atoms with van der Waals surface area (Å²) < 4.78 is 11.9. The zero-order valence-corrected chi connectivity index (χ0v) is 24.3. The molecule has 5 heterocycles. The van der Waals surface area contributed by atoms with Crippen molar-refractivity contribution in [1.82, 2.24) is 20.1 Å². The average Bonchev–Trinajstić information content (AvgIpc) is 3.26. The first-order valence-corrected chi connectivity index (χ1v) is 15.2. The summed E-state index contributed by atoms with van der Waals surface area (Å²) in [7, 11) is 0. The number of nitrogens with two attached hydrogens (primary N) is 1. The highest BCUT2D eigenvalue weighted by molar-refractivity contribution is 6.29. The van der Waals surface area contributed by atoms with Gasteiger partial charge in [0.05, 0.1) is 5.69 Å². The lowest BCUT2D eigenvalue weighted by atomic mass is 9.61. The molecule has 2 bridgehead atoms. The molecule has 3 saturated heterocycles. The number of anilines is 3. The Kier molecular flexibility index (Phi) is 7.17. The van der Waals surface area contributed by atoms with Gasteiger partial charge in [-0.15, -0.1) is 10.2 Å². The van der Waals surface area contributed by atoms with E-state index in [4.69, 9.17) is 26.8 Å². The van der Waals surface area contributed by atoms with Crippen molar-refractivity contribution in [2.45, 2.75) is 63.3 Å². The highest BCUT2D eigenvalue weighted by Gasteiger charge is 2.48. The molecule has 1 aromatic carbocycles. The molecule has 2 unspecified atom stereocenters. The Balaban J connectivity index is 0.912. The summed E-state index contributed by atoms with van der Waals surface area (Å²) >= 11 is 6.11. The predicted octanol–water partition coefficient (Wildman–Crippen LogP) is 4.93. The number of piperazine rings is 1. The smallest absolute Gasteiger partial charge is 0.410 e. The fourth-order valence-electron chi connectivity index (χ4n) is 7.31. The van der Waals surface area contributed by atoms with E-state index in [-0.39, 0.29) is 17.6 Å². The second kappa shape index (κ2) is 11.1. The van der Waals surface area contributed by atoms with Crippen LogP contribution in [0.5, 0.6) is 5.88 Å². The number of nitrogen functional groups attached to an aromatic ring is 1. The van der Waals surface area contributed by atoms with Gasteiger partial charge in [-0.3, -0.25) is 0 Å². The van der Waals surface area contributed by atoms with Gasteiger partial charge in [0, 0.05) is 62.3 Å². The number of piperidine rings is 1. The number of amides is 1. The number of carbonyl (C=O) groups is 1. The maximum Gasteiger partial charge on any atom is 0.410 e. The number of benzene rings is 1. The van der Waals surface area contributed by atoms with Gasteiger partial charge in [0.1, 0.15) is 12.7 Å². The number of nitrogens with zero attached hydrogens (tertiary/aromatic N) is 6.